The van der Waals surface area contributed by atoms with E-state index in [9.17, 15) is 17.6 Å². The molecule has 0 aliphatic rings. The predicted octanol–water partition coefficient (Wildman–Crippen LogP) is 4.33. The molecule has 0 fully saturated rings. The van der Waals surface area contributed by atoms with Crippen LogP contribution in [0.4, 0.5) is 23.2 Å². The van der Waals surface area contributed by atoms with E-state index >= 15 is 0 Å². The Hall–Kier alpha value is -2.32. The molecule has 0 saturated heterocycles. The summed E-state index contributed by atoms with van der Waals surface area (Å²) in [6.07, 6.45) is -4.76. The number of aliphatic hydroxyl groups excluding tert-OH is 1. The molecule has 2 rings (SSSR count). The number of anilines is 1. The molecule has 0 bridgehead atoms. The molecule has 0 aromatic heterocycles. The van der Waals surface area contributed by atoms with Crippen LogP contribution in [0.5, 0.6) is 5.75 Å². The Bertz CT molecular complexity index is 779. The van der Waals surface area contributed by atoms with Crippen molar-refractivity contribution in [3.8, 4) is 5.75 Å². The first-order valence-corrected chi connectivity index (χ1v) is 8.90. The summed E-state index contributed by atoms with van der Waals surface area (Å²) in [5.41, 5.74) is 0.573. The number of ether oxygens (including phenoxy) is 1. The maximum Gasteiger partial charge on any atom is 0.419 e. The van der Waals surface area contributed by atoms with Crippen molar-refractivity contribution in [1.82, 2.24) is 5.32 Å². The number of rotatable bonds is 9. The quantitative estimate of drug-likeness (QED) is 0.433. The minimum absolute atomic E-state index is 0.0179. The highest BCUT2D eigenvalue weighted by atomic mass is 19.4. The largest absolute Gasteiger partial charge is 0.489 e. The SMILES string of the molecule is CC(C)Nc1ccc(OCc2ccc(F)c(C(F)(F)F)c2)c(CNCCO)c1. The number of halogens is 4. The minimum atomic E-state index is -4.76. The van der Waals surface area contributed by atoms with Gasteiger partial charge in [-0.2, -0.15) is 13.2 Å². The molecule has 0 unspecified atom stereocenters. The van der Waals surface area contributed by atoms with Crippen LogP contribution in [0.3, 0.4) is 0 Å². The van der Waals surface area contributed by atoms with Crippen LogP contribution in [-0.4, -0.2) is 24.3 Å². The fourth-order valence-electron chi connectivity index (χ4n) is 2.62. The molecule has 3 N–H and O–H groups in total. The Morgan fingerprint density at radius 2 is 1.86 bits per heavy atom. The lowest BCUT2D eigenvalue weighted by Crippen LogP contribution is -2.18. The van der Waals surface area contributed by atoms with Crippen molar-refractivity contribution in [2.24, 2.45) is 0 Å². The molecule has 0 amide bonds. The van der Waals surface area contributed by atoms with Gasteiger partial charge in [-0.25, -0.2) is 4.39 Å². The van der Waals surface area contributed by atoms with E-state index in [1.807, 2.05) is 26.0 Å². The van der Waals surface area contributed by atoms with Gasteiger partial charge in [0.2, 0.25) is 0 Å². The zero-order valence-corrected chi connectivity index (χ0v) is 15.7. The summed E-state index contributed by atoms with van der Waals surface area (Å²) < 4.78 is 57.7. The van der Waals surface area contributed by atoms with E-state index in [4.69, 9.17) is 9.84 Å². The van der Waals surface area contributed by atoms with Gasteiger partial charge in [-0.1, -0.05) is 6.07 Å². The van der Waals surface area contributed by atoms with Gasteiger partial charge in [0.1, 0.15) is 18.2 Å². The lowest BCUT2D eigenvalue weighted by atomic mass is 10.1. The van der Waals surface area contributed by atoms with Gasteiger partial charge in [0, 0.05) is 30.4 Å². The molecule has 0 aliphatic heterocycles. The summed E-state index contributed by atoms with van der Waals surface area (Å²) in [7, 11) is 0. The molecule has 0 radical (unpaired) electrons. The molecule has 0 aliphatic carbocycles. The number of nitrogens with one attached hydrogen (secondary N) is 2. The second-order valence-electron chi connectivity index (χ2n) is 6.62. The van der Waals surface area contributed by atoms with Crippen molar-refractivity contribution in [2.45, 2.75) is 39.2 Å². The molecule has 0 heterocycles. The smallest absolute Gasteiger partial charge is 0.419 e. The van der Waals surface area contributed by atoms with Gasteiger partial charge in [-0.15, -0.1) is 0 Å². The van der Waals surface area contributed by atoms with Crippen LogP contribution in [0.25, 0.3) is 0 Å². The van der Waals surface area contributed by atoms with Gasteiger partial charge in [0.25, 0.3) is 0 Å². The van der Waals surface area contributed by atoms with E-state index in [1.54, 1.807) is 6.07 Å². The highest BCUT2D eigenvalue weighted by Crippen LogP contribution is 2.32. The van der Waals surface area contributed by atoms with Crippen molar-refractivity contribution >= 4 is 5.69 Å². The summed E-state index contributed by atoms with van der Waals surface area (Å²) in [6.45, 7) is 4.67. The summed E-state index contributed by atoms with van der Waals surface area (Å²) in [5.74, 6) is -0.813. The molecule has 0 saturated carbocycles. The maximum absolute atomic E-state index is 13.4. The van der Waals surface area contributed by atoms with Gasteiger partial charge < -0.3 is 20.5 Å². The van der Waals surface area contributed by atoms with Gasteiger partial charge >= 0.3 is 6.18 Å². The lowest BCUT2D eigenvalue weighted by molar-refractivity contribution is -0.140. The Morgan fingerprint density at radius 3 is 2.50 bits per heavy atom. The van der Waals surface area contributed by atoms with E-state index in [0.29, 0.717) is 18.8 Å². The van der Waals surface area contributed by atoms with E-state index < -0.39 is 17.6 Å². The summed E-state index contributed by atoms with van der Waals surface area (Å²) in [5, 5.41) is 15.2. The van der Waals surface area contributed by atoms with E-state index in [2.05, 4.69) is 10.6 Å². The van der Waals surface area contributed by atoms with Crippen LogP contribution in [0, 0.1) is 5.82 Å². The van der Waals surface area contributed by atoms with Crippen LogP contribution in [0.15, 0.2) is 36.4 Å². The number of hydrogen-bond acceptors (Lipinski definition) is 4. The number of aliphatic hydroxyl groups is 1. The third-order valence-electron chi connectivity index (χ3n) is 3.85. The van der Waals surface area contributed by atoms with E-state index in [-0.39, 0.29) is 24.8 Å². The Labute approximate surface area is 161 Å². The maximum atomic E-state index is 13.4. The fourth-order valence-corrected chi connectivity index (χ4v) is 2.62. The normalized spacial score (nSPS) is 11.7. The minimum Gasteiger partial charge on any atom is -0.489 e. The first kappa shape index (κ1) is 22.0. The van der Waals surface area contributed by atoms with Crippen molar-refractivity contribution in [3.05, 3.63) is 58.9 Å². The molecule has 28 heavy (non-hydrogen) atoms. The molecule has 4 nitrogen and oxygen atoms in total. The van der Waals surface area contributed by atoms with Crippen LogP contribution in [0.1, 0.15) is 30.5 Å². The molecule has 8 heteroatoms. The van der Waals surface area contributed by atoms with Crippen molar-refractivity contribution in [1.29, 1.82) is 0 Å². The highest BCUT2D eigenvalue weighted by Gasteiger charge is 2.34. The monoisotopic (exact) mass is 400 g/mol. The van der Waals surface area contributed by atoms with Crippen LogP contribution >= 0.6 is 0 Å². The van der Waals surface area contributed by atoms with E-state index in [0.717, 1.165) is 23.4 Å². The number of hydrogen-bond donors (Lipinski definition) is 3. The Kier molecular flexibility index (Phi) is 7.65. The number of alkyl halides is 3. The lowest BCUT2D eigenvalue weighted by Gasteiger charge is -2.16. The van der Waals surface area contributed by atoms with E-state index in [1.165, 1.54) is 6.07 Å². The summed E-state index contributed by atoms with van der Waals surface area (Å²) >= 11 is 0. The molecule has 154 valence electrons. The number of benzene rings is 2. The average molecular weight is 400 g/mol. The first-order valence-electron chi connectivity index (χ1n) is 8.90. The zero-order chi connectivity index (χ0) is 20.7. The molecular weight excluding hydrogens is 376 g/mol. The van der Waals surface area contributed by atoms with Crippen molar-refractivity contribution in [2.75, 3.05) is 18.5 Å². The topological polar surface area (TPSA) is 53.5 Å². The van der Waals surface area contributed by atoms with Crippen LogP contribution < -0.4 is 15.4 Å². The van der Waals surface area contributed by atoms with Crippen molar-refractivity contribution in [3.63, 3.8) is 0 Å². The zero-order valence-electron chi connectivity index (χ0n) is 15.7. The average Bonchev–Trinajstić information content (AvgIpc) is 2.61. The fraction of sp³-hybridized carbons (Fsp3) is 0.400. The van der Waals surface area contributed by atoms with Crippen LogP contribution in [0.2, 0.25) is 0 Å². The third kappa shape index (κ3) is 6.38. The molecule has 0 spiro atoms. The summed E-state index contributed by atoms with van der Waals surface area (Å²) in [4.78, 5) is 0. The van der Waals surface area contributed by atoms with Gasteiger partial charge in [-0.05, 0) is 49.7 Å². The molecule has 0 atom stereocenters. The molecule has 2 aromatic carbocycles. The van der Waals surface area contributed by atoms with Gasteiger partial charge in [0.15, 0.2) is 0 Å². The Balaban J connectivity index is 2.18. The van der Waals surface area contributed by atoms with Gasteiger partial charge in [-0.3, -0.25) is 0 Å². The third-order valence-corrected chi connectivity index (χ3v) is 3.85. The van der Waals surface area contributed by atoms with Crippen molar-refractivity contribution < 1.29 is 27.4 Å². The Morgan fingerprint density at radius 1 is 1.11 bits per heavy atom. The predicted molar refractivity (Wildman–Crippen MR) is 99.7 cm³/mol. The second kappa shape index (κ2) is 9.75. The molecular formula is C20H24F4N2O2. The first-order chi connectivity index (χ1) is 13.2. The summed E-state index contributed by atoms with van der Waals surface area (Å²) in [6, 6.07) is 8.47. The molecule has 2 aromatic rings. The highest BCUT2D eigenvalue weighted by molar-refractivity contribution is 5.51. The van der Waals surface area contributed by atoms with Crippen LogP contribution in [-0.2, 0) is 19.3 Å². The standard InChI is InChI=1S/C20H24F4N2O2/c1-13(2)26-16-4-6-19(15(10-16)11-25-7-8-27)28-12-14-3-5-18(21)17(9-14)20(22,23)24/h3-6,9-10,13,25-27H,7-8,11-12H2,1-2H3. The second-order valence-corrected chi connectivity index (χ2v) is 6.62. The van der Waals surface area contributed by atoms with Gasteiger partial charge in [0.05, 0.1) is 12.2 Å².